The lowest BCUT2D eigenvalue weighted by Crippen LogP contribution is -2.32. The minimum atomic E-state index is 0.938. The highest BCUT2D eigenvalue weighted by Crippen LogP contribution is 2.25. The fourth-order valence-electron chi connectivity index (χ4n) is 2.91. The van der Waals surface area contributed by atoms with E-state index in [4.69, 9.17) is 4.98 Å². The Morgan fingerprint density at radius 1 is 0.955 bits per heavy atom. The third-order valence-corrected chi connectivity index (χ3v) is 4.11. The predicted molar refractivity (Wildman–Crippen MR) is 88.4 cm³/mol. The molecule has 0 bridgehead atoms. The van der Waals surface area contributed by atoms with E-state index >= 15 is 0 Å². The van der Waals surface area contributed by atoms with Crippen molar-refractivity contribution < 1.29 is 4.57 Å². The molecule has 0 fully saturated rings. The molecule has 22 heavy (non-hydrogen) atoms. The third-order valence-electron chi connectivity index (χ3n) is 4.11. The van der Waals surface area contributed by atoms with Gasteiger partial charge in [-0.15, -0.1) is 0 Å². The number of rotatable bonds is 1. The smallest absolute Gasteiger partial charge is 0.264 e. The van der Waals surface area contributed by atoms with Crippen LogP contribution < -0.4 is 4.57 Å². The van der Waals surface area contributed by atoms with E-state index in [1.54, 1.807) is 0 Å². The highest BCUT2D eigenvalue weighted by Gasteiger charge is 2.18. The van der Waals surface area contributed by atoms with Crippen molar-refractivity contribution >= 4 is 21.7 Å². The Morgan fingerprint density at radius 3 is 2.68 bits per heavy atom. The Bertz CT molecular complexity index is 1010. The third kappa shape index (κ3) is 1.94. The van der Waals surface area contributed by atoms with Gasteiger partial charge in [0.05, 0.1) is 18.0 Å². The van der Waals surface area contributed by atoms with E-state index in [9.17, 15) is 0 Å². The van der Waals surface area contributed by atoms with Crippen LogP contribution in [0.1, 0.15) is 5.56 Å². The van der Waals surface area contributed by atoms with Crippen molar-refractivity contribution in [3.8, 4) is 11.4 Å². The first-order valence-corrected chi connectivity index (χ1v) is 7.33. The number of benzene rings is 2. The molecular weight excluding hydrogens is 270 g/mol. The van der Waals surface area contributed by atoms with Crippen molar-refractivity contribution in [3.05, 3.63) is 66.6 Å². The van der Waals surface area contributed by atoms with Gasteiger partial charge in [0.15, 0.2) is 5.52 Å². The normalized spacial score (nSPS) is 11.2. The molecule has 3 heteroatoms. The average Bonchev–Trinajstić information content (AvgIpc) is 2.55. The highest BCUT2D eigenvalue weighted by atomic mass is 15.0. The molecular formula is C19H16N3+. The van der Waals surface area contributed by atoms with Crippen molar-refractivity contribution in [2.75, 3.05) is 0 Å². The standard InChI is InChI=1S/C19H16N3/c1-13-9-10-20-11-16(13)19-21-18-8-7-14-5-3-4-6-15(14)17(18)12-22(19)2/h3-12H,1-2H3/q+1. The van der Waals surface area contributed by atoms with Crippen molar-refractivity contribution in [2.24, 2.45) is 7.05 Å². The van der Waals surface area contributed by atoms with Crippen LogP contribution in [0.25, 0.3) is 33.1 Å². The summed E-state index contributed by atoms with van der Waals surface area (Å²) in [5.41, 5.74) is 3.26. The van der Waals surface area contributed by atoms with Gasteiger partial charge in [0, 0.05) is 12.4 Å². The van der Waals surface area contributed by atoms with Crippen molar-refractivity contribution in [3.63, 3.8) is 0 Å². The van der Waals surface area contributed by atoms with Gasteiger partial charge in [0.2, 0.25) is 0 Å². The molecule has 2 aromatic carbocycles. The summed E-state index contributed by atoms with van der Waals surface area (Å²) in [6.45, 7) is 2.09. The number of pyridine rings is 1. The van der Waals surface area contributed by atoms with E-state index in [0.29, 0.717) is 0 Å². The molecule has 0 amide bonds. The Balaban J connectivity index is 2.06. The lowest BCUT2D eigenvalue weighted by molar-refractivity contribution is -0.661. The van der Waals surface area contributed by atoms with Gasteiger partial charge in [-0.3, -0.25) is 4.98 Å². The number of hydrogen-bond acceptors (Lipinski definition) is 2. The van der Waals surface area contributed by atoms with E-state index in [1.165, 1.54) is 21.7 Å². The molecule has 2 heterocycles. The summed E-state index contributed by atoms with van der Waals surface area (Å²) in [7, 11) is 2.04. The Morgan fingerprint density at radius 2 is 1.82 bits per heavy atom. The van der Waals surface area contributed by atoms with Gasteiger partial charge in [-0.2, -0.15) is 0 Å². The maximum atomic E-state index is 4.88. The summed E-state index contributed by atoms with van der Waals surface area (Å²) in [5, 5.41) is 3.64. The second-order valence-electron chi connectivity index (χ2n) is 5.59. The van der Waals surface area contributed by atoms with Gasteiger partial charge in [-0.05, 0) is 46.4 Å². The van der Waals surface area contributed by atoms with Crippen molar-refractivity contribution in [2.45, 2.75) is 6.92 Å². The van der Waals surface area contributed by atoms with Gasteiger partial charge in [-0.25, -0.2) is 4.57 Å². The Labute approximate surface area is 128 Å². The first kappa shape index (κ1) is 12.9. The molecule has 4 aromatic rings. The molecule has 0 aliphatic carbocycles. The molecule has 0 saturated heterocycles. The maximum Gasteiger partial charge on any atom is 0.332 e. The van der Waals surface area contributed by atoms with E-state index in [-0.39, 0.29) is 0 Å². The minimum Gasteiger partial charge on any atom is -0.264 e. The summed E-state index contributed by atoms with van der Waals surface area (Å²) in [5.74, 6) is 0.938. The second-order valence-corrected chi connectivity index (χ2v) is 5.59. The van der Waals surface area contributed by atoms with E-state index in [0.717, 1.165) is 16.9 Å². The molecule has 0 unspecified atom stereocenters. The number of hydrogen-bond donors (Lipinski definition) is 0. The van der Waals surface area contributed by atoms with Gasteiger partial charge >= 0.3 is 5.82 Å². The number of nitrogens with zero attached hydrogens (tertiary/aromatic N) is 3. The van der Waals surface area contributed by atoms with Crippen LogP contribution in [0, 0.1) is 6.92 Å². The lowest BCUT2D eigenvalue weighted by Gasteiger charge is -2.05. The Kier molecular flexibility index (Phi) is 2.86. The molecule has 2 aromatic heterocycles. The largest absolute Gasteiger partial charge is 0.332 e. The quantitative estimate of drug-likeness (QED) is 0.395. The van der Waals surface area contributed by atoms with Crippen molar-refractivity contribution in [1.82, 2.24) is 9.97 Å². The number of aryl methyl sites for hydroxylation is 2. The molecule has 106 valence electrons. The fraction of sp³-hybridized carbons (Fsp3) is 0.105. The first-order chi connectivity index (χ1) is 10.7. The van der Waals surface area contributed by atoms with Crippen LogP contribution in [0.5, 0.6) is 0 Å². The van der Waals surface area contributed by atoms with Gasteiger partial charge < -0.3 is 0 Å². The summed E-state index contributed by atoms with van der Waals surface area (Å²) in [4.78, 5) is 9.12. The summed E-state index contributed by atoms with van der Waals surface area (Å²) in [6.07, 6.45) is 5.85. The van der Waals surface area contributed by atoms with Crippen LogP contribution in [0.15, 0.2) is 61.1 Å². The van der Waals surface area contributed by atoms with Gasteiger partial charge in [-0.1, -0.05) is 24.3 Å². The van der Waals surface area contributed by atoms with Gasteiger partial charge in [0.25, 0.3) is 0 Å². The van der Waals surface area contributed by atoms with Crippen LogP contribution in [0.2, 0.25) is 0 Å². The number of fused-ring (bicyclic) bond motifs is 3. The van der Waals surface area contributed by atoms with Crippen molar-refractivity contribution in [1.29, 1.82) is 0 Å². The number of aromatic nitrogens is 3. The monoisotopic (exact) mass is 286 g/mol. The second kappa shape index (κ2) is 4.88. The SMILES string of the molecule is Cc1ccncc1-c1nc2ccc3ccccc3c2c[n+]1C. The molecule has 0 aliphatic rings. The highest BCUT2D eigenvalue weighted by molar-refractivity contribution is 6.05. The molecule has 0 atom stereocenters. The summed E-state index contributed by atoms with van der Waals surface area (Å²) >= 11 is 0. The molecule has 4 rings (SSSR count). The Hall–Kier alpha value is -2.81. The minimum absolute atomic E-state index is 0.938. The first-order valence-electron chi connectivity index (χ1n) is 7.33. The lowest BCUT2D eigenvalue weighted by atomic mass is 10.1. The average molecular weight is 286 g/mol. The zero-order chi connectivity index (χ0) is 15.1. The maximum absolute atomic E-state index is 4.88. The predicted octanol–water partition coefficient (Wildman–Crippen LogP) is 3.58. The zero-order valence-electron chi connectivity index (χ0n) is 12.6. The molecule has 0 radical (unpaired) electrons. The van der Waals surface area contributed by atoms with Crippen LogP contribution in [-0.4, -0.2) is 9.97 Å². The van der Waals surface area contributed by atoms with Crippen LogP contribution in [0.3, 0.4) is 0 Å². The van der Waals surface area contributed by atoms with Crippen LogP contribution in [-0.2, 0) is 7.05 Å². The van der Waals surface area contributed by atoms with Gasteiger partial charge in [0.1, 0.15) is 6.20 Å². The molecule has 0 N–H and O–H groups in total. The van der Waals surface area contributed by atoms with E-state index in [2.05, 4.69) is 59.1 Å². The molecule has 3 nitrogen and oxygen atoms in total. The topological polar surface area (TPSA) is 29.7 Å². The zero-order valence-corrected chi connectivity index (χ0v) is 12.6. The summed E-state index contributed by atoms with van der Waals surface area (Å²) in [6, 6.07) is 14.7. The summed E-state index contributed by atoms with van der Waals surface area (Å²) < 4.78 is 2.08. The van der Waals surface area contributed by atoms with Crippen LogP contribution in [0.4, 0.5) is 0 Å². The molecule has 0 saturated carbocycles. The van der Waals surface area contributed by atoms with E-state index in [1.807, 2.05) is 25.5 Å². The fourth-order valence-corrected chi connectivity index (χ4v) is 2.91. The molecule has 0 aliphatic heterocycles. The van der Waals surface area contributed by atoms with E-state index < -0.39 is 0 Å². The van der Waals surface area contributed by atoms with Crippen LogP contribution >= 0.6 is 0 Å². The molecule has 0 spiro atoms.